The highest BCUT2D eigenvalue weighted by atomic mass is 32.2. The number of benzene rings is 2. The number of rotatable bonds is 7. The number of sulfone groups is 1. The zero-order valence-corrected chi connectivity index (χ0v) is 16.7. The van der Waals surface area contributed by atoms with E-state index in [1.54, 1.807) is 36.4 Å². The lowest BCUT2D eigenvalue weighted by molar-refractivity contribution is -0.144. The third kappa shape index (κ3) is 6.89. The summed E-state index contributed by atoms with van der Waals surface area (Å²) in [7, 11) is -3.55. The molecule has 2 aromatic carbocycles. The average Bonchev–Trinajstić information content (AvgIpc) is 2.65. The number of anilines is 1. The Kier molecular flexibility index (Phi) is 7.27. The van der Waals surface area contributed by atoms with E-state index in [-0.39, 0.29) is 16.3 Å². The van der Waals surface area contributed by atoms with Crippen molar-refractivity contribution < 1.29 is 27.5 Å². The van der Waals surface area contributed by atoms with E-state index < -0.39 is 34.2 Å². The molecule has 2 amide bonds. The van der Waals surface area contributed by atoms with Crippen molar-refractivity contribution in [1.82, 2.24) is 5.32 Å². The van der Waals surface area contributed by atoms with Gasteiger partial charge in [0.05, 0.1) is 10.6 Å². The minimum Gasteiger partial charge on any atom is -0.451 e. The van der Waals surface area contributed by atoms with Crippen LogP contribution < -0.4 is 10.6 Å². The van der Waals surface area contributed by atoms with E-state index in [9.17, 15) is 22.8 Å². The molecule has 0 atom stereocenters. The van der Waals surface area contributed by atoms with Gasteiger partial charge in [-0.3, -0.25) is 9.59 Å². The SMILES string of the molecule is CC(=O)N/C(=C\c1ccccc1)C(=O)OCC(=O)Nc1ccccc1S(C)(=O)=O. The molecule has 0 spiro atoms. The number of carbonyl (C=O) groups is 3. The molecule has 0 heterocycles. The molecule has 0 saturated carbocycles. The van der Waals surface area contributed by atoms with Gasteiger partial charge in [0.1, 0.15) is 5.70 Å². The summed E-state index contributed by atoms with van der Waals surface area (Å²) in [5.41, 5.74) is 0.603. The number of hydrogen-bond acceptors (Lipinski definition) is 6. The number of esters is 1. The Morgan fingerprint density at radius 3 is 2.24 bits per heavy atom. The maximum absolute atomic E-state index is 12.3. The van der Waals surface area contributed by atoms with E-state index in [0.717, 1.165) is 6.26 Å². The van der Waals surface area contributed by atoms with Crippen molar-refractivity contribution in [1.29, 1.82) is 0 Å². The summed E-state index contributed by atoms with van der Waals surface area (Å²) in [6, 6.07) is 14.6. The summed E-state index contributed by atoms with van der Waals surface area (Å²) in [5, 5.41) is 4.77. The molecule has 9 heteroatoms. The van der Waals surface area contributed by atoms with Crippen molar-refractivity contribution in [3.8, 4) is 0 Å². The highest BCUT2D eigenvalue weighted by molar-refractivity contribution is 7.90. The minimum absolute atomic E-state index is 0.0532. The highest BCUT2D eigenvalue weighted by Gasteiger charge is 2.17. The van der Waals surface area contributed by atoms with Gasteiger partial charge in [0, 0.05) is 13.2 Å². The first-order valence-electron chi connectivity index (χ1n) is 8.47. The molecule has 2 rings (SSSR count). The molecule has 0 aromatic heterocycles. The molecule has 0 bridgehead atoms. The van der Waals surface area contributed by atoms with E-state index in [4.69, 9.17) is 4.74 Å². The molecule has 0 saturated heterocycles. The zero-order valence-electron chi connectivity index (χ0n) is 15.8. The third-order valence-electron chi connectivity index (χ3n) is 3.54. The Labute approximate surface area is 168 Å². The summed E-state index contributed by atoms with van der Waals surface area (Å²) < 4.78 is 28.5. The normalized spacial score (nSPS) is 11.4. The fourth-order valence-electron chi connectivity index (χ4n) is 2.34. The molecule has 0 radical (unpaired) electrons. The Bertz CT molecular complexity index is 1050. The fourth-order valence-corrected chi connectivity index (χ4v) is 3.18. The van der Waals surface area contributed by atoms with Crippen LogP contribution in [0.15, 0.2) is 65.2 Å². The monoisotopic (exact) mass is 416 g/mol. The largest absolute Gasteiger partial charge is 0.451 e. The molecule has 152 valence electrons. The van der Waals surface area contributed by atoms with E-state index in [0.29, 0.717) is 5.56 Å². The van der Waals surface area contributed by atoms with Crippen LogP contribution in [-0.4, -0.2) is 39.1 Å². The van der Waals surface area contributed by atoms with Gasteiger partial charge in [-0.05, 0) is 23.8 Å². The zero-order chi connectivity index (χ0) is 21.4. The van der Waals surface area contributed by atoms with E-state index >= 15 is 0 Å². The Balaban J connectivity index is 2.07. The van der Waals surface area contributed by atoms with Gasteiger partial charge in [0.15, 0.2) is 16.4 Å². The highest BCUT2D eigenvalue weighted by Crippen LogP contribution is 2.20. The maximum Gasteiger partial charge on any atom is 0.355 e. The lowest BCUT2D eigenvalue weighted by Crippen LogP contribution is -2.29. The average molecular weight is 416 g/mol. The first kappa shape index (κ1) is 21.8. The number of hydrogen-bond donors (Lipinski definition) is 2. The second-order valence-corrected chi connectivity index (χ2v) is 8.03. The van der Waals surface area contributed by atoms with Crippen molar-refractivity contribution in [3.63, 3.8) is 0 Å². The summed E-state index contributed by atoms with van der Waals surface area (Å²) in [6.07, 6.45) is 2.44. The van der Waals surface area contributed by atoms with E-state index in [2.05, 4.69) is 10.6 Å². The van der Waals surface area contributed by atoms with Crippen LogP contribution >= 0.6 is 0 Å². The number of ether oxygens (including phenoxy) is 1. The van der Waals surface area contributed by atoms with Crippen LogP contribution in [0.2, 0.25) is 0 Å². The van der Waals surface area contributed by atoms with Gasteiger partial charge < -0.3 is 15.4 Å². The first-order chi connectivity index (χ1) is 13.7. The molecule has 0 aliphatic rings. The van der Waals surface area contributed by atoms with Crippen molar-refractivity contribution in [2.24, 2.45) is 0 Å². The topological polar surface area (TPSA) is 119 Å². The maximum atomic E-state index is 12.3. The van der Waals surface area contributed by atoms with E-state index in [1.807, 2.05) is 0 Å². The molecule has 2 N–H and O–H groups in total. The van der Waals surface area contributed by atoms with Gasteiger partial charge in [0.25, 0.3) is 5.91 Å². The van der Waals surface area contributed by atoms with Crippen LogP contribution in [0.25, 0.3) is 6.08 Å². The number of carbonyl (C=O) groups excluding carboxylic acids is 3. The van der Waals surface area contributed by atoms with Crippen molar-refractivity contribution in [3.05, 3.63) is 65.9 Å². The summed E-state index contributed by atoms with van der Waals surface area (Å²) >= 11 is 0. The van der Waals surface area contributed by atoms with Crippen LogP contribution in [0, 0.1) is 0 Å². The van der Waals surface area contributed by atoms with Gasteiger partial charge in [-0.25, -0.2) is 13.2 Å². The Hall–Kier alpha value is -3.46. The molecule has 0 aliphatic heterocycles. The number of amides is 2. The van der Waals surface area contributed by atoms with Crippen molar-refractivity contribution in [2.45, 2.75) is 11.8 Å². The van der Waals surface area contributed by atoms with E-state index in [1.165, 1.54) is 31.2 Å². The molecule has 29 heavy (non-hydrogen) atoms. The quantitative estimate of drug-likeness (QED) is 0.524. The first-order valence-corrected chi connectivity index (χ1v) is 10.4. The van der Waals surface area contributed by atoms with Gasteiger partial charge in [-0.1, -0.05) is 42.5 Å². The standard InChI is InChI=1S/C20H20N2O6S/c1-14(23)21-17(12-15-8-4-3-5-9-15)20(25)28-13-19(24)22-16-10-6-7-11-18(16)29(2,26)27/h3-12H,13H2,1-2H3,(H,21,23)(H,22,24)/b17-12-. The summed E-state index contributed by atoms with van der Waals surface area (Å²) in [5.74, 6) is -2.11. The predicted molar refractivity (Wildman–Crippen MR) is 107 cm³/mol. The molecule has 0 fully saturated rings. The lowest BCUT2D eigenvalue weighted by atomic mass is 10.2. The minimum atomic E-state index is -3.55. The van der Waals surface area contributed by atoms with Crippen LogP contribution in [0.5, 0.6) is 0 Å². The van der Waals surface area contributed by atoms with Crippen LogP contribution in [0.3, 0.4) is 0 Å². The molecule has 2 aromatic rings. The third-order valence-corrected chi connectivity index (χ3v) is 4.69. The van der Waals surface area contributed by atoms with Gasteiger partial charge in [-0.2, -0.15) is 0 Å². The summed E-state index contributed by atoms with van der Waals surface area (Å²) in [4.78, 5) is 35.7. The van der Waals surface area contributed by atoms with Crippen molar-refractivity contribution in [2.75, 3.05) is 18.2 Å². The fraction of sp³-hybridized carbons (Fsp3) is 0.150. The lowest BCUT2D eigenvalue weighted by Gasteiger charge is -2.11. The van der Waals surface area contributed by atoms with Gasteiger partial charge in [0.2, 0.25) is 5.91 Å². The van der Waals surface area contributed by atoms with Gasteiger partial charge >= 0.3 is 5.97 Å². The molecular weight excluding hydrogens is 396 g/mol. The Morgan fingerprint density at radius 1 is 1.00 bits per heavy atom. The smallest absolute Gasteiger partial charge is 0.355 e. The molecular formula is C20H20N2O6S. The second-order valence-electron chi connectivity index (χ2n) is 6.04. The van der Waals surface area contributed by atoms with Crippen LogP contribution in [0.1, 0.15) is 12.5 Å². The van der Waals surface area contributed by atoms with Crippen LogP contribution in [0.4, 0.5) is 5.69 Å². The summed E-state index contributed by atoms with van der Waals surface area (Å²) in [6.45, 7) is 0.573. The Morgan fingerprint density at radius 2 is 1.62 bits per heavy atom. The molecule has 8 nitrogen and oxygen atoms in total. The van der Waals surface area contributed by atoms with Gasteiger partial charge in [-0.15, -0.1) is 0 Å². The predicted octanol–water partition coefficient (Wildman–Crippen LogP) is 1.75. The second kappa shape index (κ2) is 9.65. The number of para-hydroxylation sites is 1. The van der Waals surface area contributed by atoms with Crippen LogP contribution in [-0.2, 0) is 29.0 Å². The number of nitrogens with one attached hydrogen (secondary N) is 2. The molecule has 0 aliphatic carbocycles. The van der Waals surface area contributed by atoms with Crippen molar-refractivity contribution >= 4 is 39.4 Å². The molecule has 0 unspecified atom stereocenters.